The molecule has 0 bridgehead atoms. The zero-order chi connectivity index (χ0) is 6.78. The number of thiol groups is 1. The number of hydrogen-bond acceptors (Lipinski definition) is 3. The Morgan fingerprint density at radius 1 is 1.78 bits per heavy atom. The number of Topliss-reactive ketones (excluding diaryl/α,β-unsaturated/α-hetero) is 1. The first-order valence-electron chi connectivity index (χ1n) is 2.41. The summed E-state index contributed by atoms with van der Waals surface area (Å²) in [5.74, 6) is 0.384. The number of ketones is 1. The van der Waals surface area contributed by atoms with Gasteiger partial charge in [-0.15, -0.1) is 0 Å². The van der Waals surface area contributed by atoms with E-state index in [4.69, 9.17) is 5.73 Å². The van der Waals surface area contributed by atoms with Crippen molar-refractivity contribution in [2.45, 2.75) is 19.4 Å². The summed E-state index contributed by atoms with van der Waals surface area (Å²) < 4.78 is 0. The van der Waals surface area contributed by atoms with Gasteiger partial charge >= 0.3 is 0 Å². The van der Waals surface area contributed by atoms with E-state index in [2.05, 4.69) is 12.6 Å². The summed E-state index contributed by atoms with van der Waals surface area (Å²) >= 11 is 3.89. The summed E-state index contributed by atoms with van der Waals surface area (Å²) in [5, 5.41) is 0. The summed E-state index contributed by atoms with van der Waals surface area (Å²) in [6.45, 7) is 3.14. The lowest BCUT2D eigenvalue weighted by Gasteiger charge is -2.16. The number of rotatable bonds is 2. The molecule has 0 aliphatic carbocycles. The molecule has 1 atom stereocenters. The van der Waals surface area contributed by atoms with Gasteiger partial charge in [0.05, 0.1) is 5.54 Å². The number of nitrogens with two attached hydrogens (primary N) is 1. The average Bonchev–Trinajstić information content (AvgIpc) is 1.67. The van der Waals surface area contributed by atoms with Crippen LogP contribution in [0.25, 0.3) is 0 Å². The molecule has 0 aliphatic rings. The van der Waals surface area contributed by atoms with Crippen LogP contribution in [0.3, 0.4) is 0 Å². The predicted octanol–water partition coefficient (Wildman–Crippen LogP) is 0.335. The minimum Gasteiger partial charge on any atom is -0.319 e. The molecule has 0 spiro atoms. The van der Waals surface area contributed by atoms with Crippen molar-refractivity contribution in [2.24, 2.45) is 5.73 Å². The van der Waals surface area contributed by atoms with E-state index in [1.54, 1.807) is 6.92 Å². The Morgan fingerprint density at radius 3 is 2.11 bits per heavy atom. The molecular formula is C5H13NOS2. The third-order valence-corrected chi connectivity index (χ3v) is 1.79. The quantitative estimate of drug-likeness (QED) is 0.582. The molecule has 0 heterocycles. The van der Waals surface area contributed by atoms with E-state index in [9.17, 15) is 4.79 Å². The lowest BCUT2D eigenvalue weighted by atomic mass is 10.0. The maximum absolute atomic E-state index is 10.5. The van der Waals surface area contributed by atoms with E-state index in [-0.39, 0.29) is 19.3 Å². The molecule has 0 rings (SSSR count). The molecule has 0 radical (unpaired) electrons. The van der Waals surface area contributed by atoms with Crippen LogP contribution in [-0.4, -0.2) is 17.1 Å². The molecule has 0 saturated heterocycles. The second-order valence-electron chi connectivity index (χ2n) is 2.13. The van der Waals surface area contributed by atoms with Crippen LogP contribution in [0.1, 0.15) is 13.8 Å². The highest BCUT2D eigenvalue weighted by Gasteiger charge is 2.21. The molecule has 2 nitrogen and oxygen atoms in total. The first kappa shape index (κ1) is 12.0. The van der Waals surface area contributed by atoms with Crippen LogP contribution in [0.2, 0.25) is 0 Å². The number of hydrogen-bond donors (Lipinski definition) is 2. The topological polar surface area (TPSA) is 43.1 Å². The first-order valence-corrected chi connectivity index (χ1v) is 3.05. The van der Waals surface area contributed by atoms with Crippen LogP contribution in [0.15, 0.2) is 0 Å². The minimum absolute atomic E-state index is 0. The van der Waals surface area contributed by atoms with Gasteiger partial charge < -0.3 is 5.73 Å². The van der Waals surface area contributed by atoms with Crippen molar-refractivity contribution < 1.29 is 4.79 Å². The minimum atomic E-state index is -0.733. The Balaban J connectivity index is 0. The molecule has 0 aromatic heterocycles. The molecule has 0 amide bonds. The molecule has 0 fully saturated rings. The summed E-state index contributed by atoms with van der Waals surface area (Å²) in [4.78, 5) is 10.5. The highest BCUT2D eigenvalue weighted by atomic mass is 32.1. The fourth-order valence-corrected chi connectivity index (χ4v) is 0.334. The maximum atomic E-state index is 10.5. The van der Waals surface area contributed by atoms with Gasteiger partial charge in [-0.1, -0.05) is 0 Å². The second kappa shape index (κ2) is 4.19. The first-order chi connectivity index (χ1) is 3.50. The normalized spacial score (nSPS) is 15.6. The lowest BCUT2D eigenvalue weighted by Crippen LogP contribution is -2.45. The van der Waals surface area contributed by atoms with Crippen molar-refractivity contribution >= 4 is 31.9 Å². The van der Waals surface area contributed by atoms with Crippen molar-refractivity contribution in [3.05, 3.63) is 0 Å². The van der Waals surface area contributed by atoms with Crippen molar-refractivity contribution in [1.82, 2.24) is 0 Å². The van der Waals surface area contributed by atoms with Gasteiger partial charge in [0.15, 0.2) is 0 Å². The van der Waals surface area contributed by atoms with E-state index in [1.807, 2.05) is 0 Å². The Hall–Kier alpha value is 0.330. The second-order valence-corrected chi connectivity index (χ2v) is 2.45. The molecule has 9 heavy (non-hydrogen) atoms. The molecule has 56 valence electrons. The van der Waals surface area contributed by atoms with E-state index in [0.29, 0.717) is 5.75 Å². The average molecular weight is 167 g/mol. The maximum Gasteiger partial charge on any atom is 0.150 e. The molecule has 0 aliphatic heterocycles. The highest BCUT2D eigenvalue weighted by Crippen LogP contribution is 2.01. The highest BCUT2D eigenvalue weighted by molar-refractivity contribution is 7.80. The van der Waals surface area contributed by atoms with Gasteiger partial charge in [-0.25, -0.2) is 0 Å². The van der Waals surface area contributed by atoms with Gasteiger partial charge in [0.2, 0.25) is 0 Å². The van der Waals surface area contributed by atoms with Crippen molar-refractivity contribution in [1.29, 1.82) is 0 Å². The fraction of sp³-hybridized carbons (Fsp3) is 0.800. The Kier molecular flexibility index (Phi) is 5.62. The Morgan fingerprint density at radius 2 is 2.11 bits per heavy atom. The Bertz CT molecular complexity index is 103. The van der Waals surface area contributed by atoms with Crippen LogP contribution >= 0.6 is 26.1 Å². The van der Waals surface area contributed by atoms with E-state index < -0.39 is 5.54 Å². The summed E-state index contributed by atoms with van der Waals surface area (Å²) in [7, 11) is 0. The van der Waals surface area contributed by atoms with E-state index >= 15 is 0 Å². The van der Waals surface area contributed by atoms with Crippen molar-refractivity contribution in [3.63, 3.8) is 0 Å². The third kappa shape index (κ3) is 3.83. The standard InChI is InChI=1S/C5H11NOS.H2S/c1-4(7)5(2,6)3-8;/h8H,3,6H2,1-2H3;1H2/t5-;/m1./s1. The molecule has 0 aromatic carbocycles. The van der Waals surface area contributed by atoms with Crippen molar-refractivity contribution in [2.75, 3.05) is 5.75 Å². The van der Waals surface area contributed by atoms with E-state index in [1.165, 1.54) is 6.92 Å². The molecule has 4 heteroatoms. The largest absolute Gasteiger partial charge is 0.319 e. The third-order valence-electron chi connectivity index (χ3n) is 1.13. The van der Waals surface area contributed by atoms with Crippen LogP contribution in [0.5, 0.6) is 0 Å². The van der Waals surface area contributed by atoms with Crippen LogP contribution < -0.4 is 5.73 Å². The Labute approximate surface area is 68.0 Å². The molecular weight excluding hydrogens is 154 g/mol. The molecule has 0 unspecified atom stereocenters. The van der Waals surface area contributed by atoms with E-state index in [0.717, 1.165) is 0 Å². The lowest BCUT2D eigenvalue weighted by molar-refractivity contribution is -0.120. The van der Waals surface area contributed by atoms with Crippen LogP contribution in [0, 0.1) is 0 Å². The summed E-state index contributed by atoms with van der Waals surface area (Å²) in [5.41, 5.74) is 4.70. The van der Waals surface area contributed by atoms with Gasteiger partial charge in [-0.3, -0.25) is 4.79 Å². The van der Waals surface area contributed by atoms with Crippen LogP contribution in [0.4, 0.5) is 0 Å². The van der Waals surface area contributed by atoms with Gasteiger partial charge in [0.25, 0.3) is 0 Å². The number of carbonyl (C=O) groups excluding carboxylic acids is 1. The SMILES string of the molecule is CC(=O)[C@](C)(N)CS.S. The van der Waals surface area contributed by atoms with Gasteiger partial charge in [0, 0.05) is 5.75 Å². The molecule has 0 aromatic rings. The van der Waals surface area contributed by atoms with Gasteiger partial charge in [-0.05, 0) is 13.8 Å². The predicted molar refractivity (Wildman–Crippen MR) is 47.5 cm³/mol. The summed E-state index contributed by atoms with van der Waals surface area (Å²) in [6.07, 6.45) is 0. The van der Waals surface area contributed by atoms with Crippen molar-refractivity contribution in [3.8, 4) is 0 Å². The molecule has 0 saturated carbocycles. The van der Waals surface area contributed by atoms with Gasteiger partial charge in [-0.2, -0.15) is 26.1 Å². The monoisotopic (exact) mass is 167 g/mol. The number of carbonyl (C=O) groups is 1. The zero-order valence-corrected chi connectivity index (χ0v) is 7.53. The fourth-order valence-electron chi connectivity index (χ4n) is 0.111. The zero-order valence-electron chi connectivity index (χ0n) is 5.64. The van der Waals surface area contributed by atoms with Gasteiger partial charge in [0.1, 0.15) is 5.78 Å². The molecule has 2 N–H and O–H groups in total. The smallest absolute Gasteiger partial charge is 0.150 e. The summed E-state index contributed by atoms with van der Waals surface area (Å²) in [6, 6.07) is 0. The van der Waals surface area contributed by atoms with Crippen LogP contribution in [-0.2, 0) is 4.79 Å².